The van der Waals surface area contributed by atoms with Gasteiger partial charge < -0.3 is 15.0 Å². The average molecular weight is 424 g/mol. The Hall–Kier alpha value is -2.84. The minimum absolute atomic E-state index is 0.180. The van der Waals surface area contributed by atoms with E-state index in [-0.39, 0.29) is 17.9 Å². The van der Waals surface area contributed by atoms with Gasteiger partial charge in [-0.2, -0.15) is 0 Å². The van der Waals surface area contributed by atoms with Crippen LogP contribution < -0.4 is 5.32 Å². The molecule has 2 aliphatic heterocycles. The molecule has 1 atom stereocenters. The van der Waals surface area contributed by atoms with Gasteiger partial charge in [0.05, 0.1) is 24.5 Å². The molecule has 0 aromatic carbocycles. The highest BCUT2D eigenvalue weighted by Crippen LogP contribution is 2.24. The molecule has 31 heavy (non-hydrogen) atoms. The summed E-state index contributed by atoms with van der Waals surface area (Å²) in [4.78, 5) is 37.5. The van der Waals surface area contributed by atoms with Gasteiger partial charge in [-0.1, -0.05) is 6.07 Å². The second-order valence-electron chi connectivity index (χ2n) is 7.99. The van der Waals surface area contributed by atoms with Crippen molar-refractivity contribution in [3.8, 4) is 11.3 Å². The Labute approximate surface area is 182 Å². The second-order valence-corrected chi connectivity index (χ2v) is 7.99. The van der Waals surface area contributed by atoms with E-state index in [1.54, 1.807) is 19.3 Å². The molecule has 2 amide bonds. The third kappa shape index (κ3) is 5.26. The zero-order chi connectivity index (χ0) is 21.6. The summed E-state index contributed by atoms with van der Waals surface area (Å²) in [5, 5.41) is 2.57. The summed E-state index contributed by atoms with van der Waals surface area (Å²) in [5.41, 5.74) is 2.82. The molecule has 4 heterocycles. The van der Waals surface area contributed by atoms with Gasteiger partial charge in [0.15, 0.2) is 0 Å². The maximum absolute atomic E-state index is 12.6. The molecule has 2 aromatic heterocycles. The van der Waals surface area contributed by atoms with Gasteiger partial charge in [-0.25, -0.2) is 4.98 Å². The molecule has 1 N–H and O–H groups in total. The van der Waals surface area contributed by atoms with E-state index >= 15 is 0 Å². The fourth-order valence-electron chi connectivity index (χ4n) is 4.06. The largest absolute Gasteiger partial charge is 0.369 e. The number of pyridine rings is 2. The zero-order valence-corrected chi connectivity index (χ0v) is 17.9. The number of hydrogen-bond acceptors (Lipinski definition) is 6. The number of hydrogen-bond donors (Lipinski definition) is 1. The molecule has 0 saturated carbocycles. The van der Waals surface area contributed by atoms with E-state index < -0.39 is 0 Å². The van der Waals surface area contributed by atoms with E-state index in [9.17, 15) is 9.59 Å². The highest BCUT2D eigenvalue weighted by molar-refractivity contribution is 5.92. The minimum atomic E-state index is -0.219. The number of nitrogens with zero attached hydrogens (tertiary/aromatic N) is 4. The van der Waals surface area contributed by atoms with Crippen LogP contribution in [-0.2, 0) is 9.53 Å². The molecule has 8 nitrogen and oxygen atoms in total. The molecule has 2 aliphatic rings. The quantitative estimate of drug-likeness (QED) is 0.790. The molecule has 0 bridgehead atoms. The number of aromatic nitrogens is 2. The summed E-state index contributed by atoms with van der Waals surface area (Å²) in [6.07, 6.45) is 4.90. The predicted octanol–water partition coefficient (Wildman–Crippen LogP) is 1.89. The fraction of sp³-hybridized carbons (Fsp3) is 0.478. The maximum atomic E-state index is 12.6. The van der Waals surface area contributed by atoms with Crippen molar-refractivity contribution in [1.29, 1.82) is 0 Å². The molecular formula is C23H29N5O3. The first-order valence-corrected chi connectivity index (χ1v) is 10.9. The molecule has 8 heteroatoms. The monoisotopic (exact) mass is 423 g/mol. The lowest BCUT2D eigenvalue weighted by Gasteiger charge is -2.34. The number of ether oxygens (including phenoxy) is 1. The molecule has 0 spiro atoms. The van der Waals surface area contributed by atoms with Crippen LogP contribution in [0.15, 0.2) is 36.5 Å². The Kier molecular flexibility index (Phi) is 6.89. The first-order chi connectivity index (χ1) is 15.1. The van der Waals surface area contributed by atoms with Crippen LogP contribution in [0.2, 0.25) is 0 Å². The topological polar surface area (TPSA) is 87.7 Å². The minimum Gasteiger partial charge on any atom is -0.369 e. The van der Waals surface area contributed by atoms with Gasteiger partial charge in [0.25, 0.3) is 5.91 Å². The van der Waals surface area contributed by atoms with E-state index in [0.29, 0.717) is 25.4 Å². The predicted molar refractivity (Wildman–Crippen MR) is 116 cm³/mol. The van der Waals surface area contributed by atoms with Crippen LogP contribution in [-0.4, -0.2) is 78.0 Å². The summed E-state index contributed by atoms with van der Waals surface area (Å²) in [7, 11) is 1.58. The molecule has 0 aliphatic carbocycles. The van der Waals surface area contributed by atoms with Crippen LogP contribution >= 0.6 is 0 Å². The Balaban J connectivity index is 1.42. The van der Waals surface area contributed by atoms with Gasteiger partial charge in [0.1, 0.15) is 11.8 Å². The first-order valence-electron chi connectivity index (χ1n) is 10.9. The van der Waals surface area contributed by atoms with Crippen LogP contribution in [0.5, 0.6) is 0 Å². The SMILES string of the molecule is CNC(=O)c1ccc(-c2cccc([C@@H]3CN(CC(=O)N4CCCCC4)CCO3)n2)cn1. The van der Waals surface area contributed by atoms with Gasteiger partial charge in [-0.15, -0.1) is 0 Å². The molecule has 2 saturated heterocycles. The van der Waals surface area contributed by atoms with E-state index in [1.807, 2.05) is 29.2 Å². The van der Waals surface area contributed by atoms with E-state index in [1.165, 1.54) is 6.42 Å². The summed E-state index contributed by atoms with van der Waals surface area (Å²) >= 11 is 0. The Bertz CT molecular complexity index is 912. The summed E-state index contributed by atoms with van der Waals surface area (Å²) in [6, 6.07) is 9.35. The van der Waals surface area contributed by atoms with Crippen LogP contribution in [0, 0.1) is 0 Å². The number of carbonyl (C=O) groups is 2. The lowest BCUT2D eigenvalue weighted by atomic mass is 10.1. The molecule has 0 unspecified atom stereocenters. The normalized spacial score (nSPS) is 19.8. The van der Waals surface area contributed by atoms with Gasteiger partial charge in [-0.3, -0.25) is 19.5 Å². The maximum Gasteiger partial charge on any atom is 0.269 e. The summed E-state index contributed by atoms with van der Waals surface area (Å²) in [5.74, 6) is -0.00704. The highest BCUT2D eigenvalue weighted by Gasteiger charge is 2.26. The van der Waals surface area contributed by atoms with Gasteiger partial charge in [0, 0.05) is 45.0 Å². The molecular weight excluding hydrogens is 394 g/mol. The number of likely N-dealkylation sites (tertiary alicyclic amines) is 1. The Morgan fingerprint density at radius 1 is 1.13 bits per heavy atom. The smallest absolute Gasteiger partial charge is 0.269 e. The van der Waals surface area contributed by atoms with E-state index in [2.05, 4.69) is 15.2 Å². The van der Waals surface area contributed by atoms with Crippen molar-refractivity contribution in [2.24, 2.45) is 0 Å². The van der Waals surface area contributed by atoms with Crippen molar-refractivity contribution in [1.82, 2.24) is 25.1 Å². The van der Waals surface area contributed by atoms with Crippen molar-refractivity contribution < 1.29 is 14.3 Å². The van der Waals surface area contributed by atoms with Crippen LogP contribution in [0.1, 0.15) is 41.5 Å². The number of piperidine rings is 1. The number of morpholine rings is 1. The lowest BCUT2D eigenvalue weighted by Crippen LogP contribution is -2.46. The van der Waals surface area contributed by atoms with Crippen molar-refractivity contribution in [3.63, 3.8) is 0 Å². The molecule has 4 rings (SSSR count). The van der Waals surface area contributed by atoms with Gasteiger partial charge in [0.2, 0.25) is 5.91 Å². The lowest BCUT2D eigenvalue weighted by molar-refractivity contribution is -0.135. The fourth-order valence-corrected chi connectivity index (χ4v) is 4.06. The van der Waals surface area contributed by atoms with Gasteiger partial charge in [-0.05, 0) is 43.5 Å². The number of rotatable bonds is 5. The summed E-state index contributed by atoms with van der Waals surface area (Å²) in [6.45, 7) is 4.16. The number of nitrogens with one attached hydrogen (secondary N) is 1. The van der Waals surface area contributed by atoms with Crippen LogP contribution in [0.3, 0.4) is 0 Å². The number of amides is 2. The van der Waals surface area contributed by atoms with Crippen molar-refractivity contribution >= 4 is 11.8 Å². The zero-order valence-electron chi connectivity index (χ0n) is 17.9. The van der Waals surface area contributed by atoms with Crippen LogP contribution in [0.25, 0.3) is 11.3 Å². The Morgan fingerprint density at radius 3 is 2.71 bits per heavy atom. The van der Waals surface area contributed by atoms with Gasteiger partial charge >= 0.3 is 0 Å². The average Bonchev–Trinajstić information content (AvgIpc) is 2.84. The third-order valence-electron chi connectivity index (χ3n) is 5.84. The standard InChI is InChI=1S/C23H29N5O3/c1-24-23(30)20-9-8-17(14-25-20)18-6-5-7-19(26-18)21-15-27(12-13-31-21)16-22(29)28-10-3-2-4-11-28/h5-9,14,21H,2-4,10-13,15-16H2,1H3,(H,24,30)/t21-/m0/s1. The first kappa shape index (κ1) is 21.4. The second kappa shape index (κ2) is 9.98. The van der Waals surface area contributed by atoms with Crippen LogP contribution in [0.4, 0.5) is 0 Å². The van der Waals surface area contributed by atoms with E-state index in [0.717, 1.165) is 49.4 Å². The van der Waals surface area contributed by atoms with Crippen molar-refractivity contribution in [2.75, 3.05) is 46.4 Å². The third-order valence-corrected chi connectivity index (χ3v) is 5.84. The highest BCUT2D eigenvalue weighted by atomic mass is 16.5. The molecule has 0 radical (unpaired) electrons. The summed E-state index contributed by atoms with van der Waals surface area (Å²) < 4.78 is 5.98. The van der Waals surface area contributed by atoms with Crippen molar-refractivity contribution in [3.05, 3.63) is 47.9 Å². The Morgan fingerprint density at radius 2 is 1.97 bits per heavy atom. The van der Waals surface area contributed by atoms with E-state index in [4.69, 9.17) is 9.72 Å². The molecule has 2 aromatic rings. The molecule has 164 valence electrons. The molecule has 2 fully saturated rings. The number of carbonyl (C=O) groups excluding carboxylic acids is 2. The van der Waals surface area contributed by atoms with Crippen molar-refractivity contribution in [2.45, 2.75) is 25.4 Å².